The van der Waals surface area contributed by atoms with Crippen LogP contribution in [-0.4, -0.2) is 12.5 Å². The van der Waals surface area contributed by atoms with Crippen LogP contribution in [0.15, 0.2) is 36.4 Å². The van der Waals surface area contributed by atoms with Gasteiger partial charge in [-0.1, -0.05) is 24.3 Å². The molecule has 0 atom stereocenters. The first-order valence-corrected chi connectivity index (χ1v) is 7.35. The lowest BCUT2D eigenvalue weighted by Crippen LogP contribution is -2.36. The molecule has 0 saturated carbocycles. The molecule has 0 aromatic heterocycles. The number of aryl methyl sites for hydroxylation is 2. The molecule has 0 radical (unpaired) electrons. The smallest absolute Gasteiger partial charge is 0.258 e. The van der Waals surface area contributed by atoms with Crippen molar-refractivity contribution in [2.45, 2.75) is 26.7 Å². The molecule has 1 amide bonds. The minimum absolute atomic E-state index is 0.0510. The van der Waals surface area contributed by atoms with Gasteiger partial charge < -0.3 is 10.6 Å². The maximum atomic E-state index is 13.0. The molecule has 0 bridgehead atoms. The Morgan fingerprint density at radius 2 is 1.90 bits per heavy atom. The number of benzene rings is 2. The van der Waals surface area contributed by atoms with Crippen molar-refractivity contribution in [1.82, 2.24) is 0 Å². The normalized spacial score (nSPS) is 13.9. The second-order valence-electron chi connectivity index (χ2n) is 5.66. The van der Waals surface area contributed by atoms with Crippen molar-refractivity contribution in [3.8, 4) is 0 Å². The average molecular weight is 280 g/mol. The van der Waals surface area contributed by atoms with E-state index in [1.165, 1.54) is 5.56 Å². The fourth-order valence-corrected chi connectivity index (χ4v) is 3.08. The summed E-state index contributed by atoms with van der Waals surface area (Å²) in [6, 6.07) is 11.8. The third-order valence-electron chi connectivity index (χ3n) is 4.27. The topological polar surface area (TPSA) is 46.3 Å². The molecule has 0 unspecified atom stereocenters. The van der Waals surface area contributed by atoms with Gasteiger partial charge in [0.1, 0.15) is 0 Å². The number of para-hydroxylation sites is 1. The van der Waals surface area contributed by atoms with Crippen LogP contribution >= 0.6 is 0 Å². The molecular formula is C18H20N2O. The summed E-state index contributed by atoms with van der Waals surface area (Å²) < 4.78 is 0. The zero-order valence-corrected chi connectivity index (χ0v) is 12.5. The molecule has 108 valence electrons. The van der Waals surface area contributed by atoms with Gasteiger partial charge in [-0.3, -0.25) is 4.79 Å². The molecule has 1 aliphatic rings. The van der Waals surface area contributed by atoms with E-state index in [4.69, 9.17) is 5.73 Å². The van der Waals surface area contributed by atoms with Crippen LogP contribution in [0, 0.1) is 13.8 Å². The predicted octanol–water partition coefficient (Wildman–Crippen LogP) is 3.48. The summed E-state index contributed by atoms with van der Waals surface area (Å²) in [4.78, 5) is 14.9. The maximum absolute atomic E-state index is 13.0. The lowest BCUT2D eigenvalue weighted by Gasteiger charge is -2.31. The molecule has 1 heterocycles. The molecule has 1 aliphatic heterocycles. The molecule has 3 rings (SSSR count). The van der Waals surface area contributed by atoms with Crippen LogP contribution in [0.5, 0.6) is 0 Å². The highest BCUT2D eigenvalue weighted by atomic mass is 16.2. The zero-order chi connectivity index (χ0) is 15.0. The van der Waals surface area contributed by atoms with Gasteiger partial charge in [0.2, 0.25) is 0 Å². The maximum Gasteiger partial charge on any atom is 0.258 e. The first-order valence-electron chi connectivity index (χ1n) is 7.35. The number of rotatable bonds is 1. The fraction of sp³-hybridized carbons (Fsp3) is 0.278. The van der Waals surface area contributed by atoms with Gasteiger partial charge in [0.25, 0.3) is 5.91 Å². The Morgan fingerprint density at radius 3 is 2.71 bits per heavy atom. The third-order valence-corrected chi connectivity index (χ3v) is 4.27. The fourth-order valence-electron chi connectivity index (χ4n) is 3.08. The first kappa shape index (κ1) is 13.7. The van der Waals surface area contributed by atoms with Gasteiger partial charge in [0.05, 0.1) is 5.69 Å². The molecule has 0 aliphatic carbocycles. The molecule has 0 fully saturated rings. The molecule has 0 saturated heterocycles. The Hall–Kier alpha value is -2.29. The van der Waals surface area contributed by atoms with E-state index in [0.29, 0.717) is 11.3 Å². The van der Waals surface area contributed by atoms with Crippen molar-refractivity contribution in [2.24, 2.45) is 0 Å². The van der Waals surface area contributed by atoms with Gasteiger partial charge in [-0.15, -0.1) is 0 Å². The summed E-state index contributed by atoms with van der Waals surface area (Å²) >= 11 is 0. The molecule has 3 heteroatoms. The molecule has 2 aromatic rings. The summed E-state index contributed by atoms with van der Waals surface area (Å²) in [7, 11) is 0. The Morgan fingerprint density at radius 1 is 1.14 bits per heavy atom. The monoisotopic (exact) mass is 280 g/mol. The minimum atomic E-state index is 0.0510. The summed E-state index contributed by atoms with van der Waals surface area (Å²) in [6.07, 6.45) is 2.04. The summed E-state index contributed by atoms with van der Waals surface area (Å²) in [5.41, 5.74) is 11.7. The Bertz CT molecular complexity index is 706. The van der Waals surface area contributed by atoms with Crippen molar-refractivity contribution in [2.75, 3.05) is 17.2 Å². The Balaban J connectivity index is 2.07. The minimum Gasteiger partial charge on any atom is -0.398 e. The van der Waals surface area contributed by atoms with E-state index in [9.17, 15) is 4.79 Å². The number of carbonyl (C=O) groups excluding carboxylic acids is 1. The Labute approximate surface area is 125 Å². The van der Waals surface area contributed by atoms with Crippen LogP contribution in [0.4, 0.5) is 11.4 Å². The number of nitrogens with two attached hydrogens (primary N) is 1. The van der Waals surface area contributed by atoms with Crippen molar-refractivity contribution in [3.05, 3.63) is 58.7 Å². The molecule has 3 nitrogen and oxygen atoms in total. The van der Waals surface area contributed by atoms with Crippen molar-refractivity contribution < 1.29 is 4.79 Å². The molecule has 2 aromatic carbocycles. The first-order chi connectivity index (χ1) is 10.1. The van der Waals surface area contributed by atoms with E-state index in [1.807, 2.05) is 30.0 Å². The van der Waals surface area contributed by atoms with E-state index in [-0.39, 0.29) is 5.91 Å². The van der Waals surface area contributed by atoms with Crippen molar-refractivity contribution in [1.29, 1.82) is 0 Å². The summed E-state index contributed by atoms with van der Waals surface area (Å²) in [5.74, 6) is 0.0510. The number of nitrogens with zero attached hydrogens (tertiary/aromatic N) is 1. The second-order valence-corrected chi connectivity index (χ2v) is 5.66. The van der Waals surface area contributed by atoms with Gasteiger partial charge in [-0.05, 0) is 55.5 Å². The number of hydrogen-bond donors (Lipinski definition) is 1. The third kappa shape index (κ3) is 2.29. The van der Waals surface area contributed by atoms with Crippen LogP contribution in [0.1, 0.15) is 33.5 Å². The number of carbonyl (C=O) groups is 1. The highest BCUT2D eigenvalue weighted by molar-refractivity contribution is 6.08. The SMILES string of the molecule is Cc1cccc2c1N(C(=O)c1cccc(N)c1C)CCC2. The molecular weight excluding hydrogens is 260 g/mol. The largest absolute Gasteiger partial charge is 0.398 e. The number of amides is 1. The van der Waals surface area contributed by atoms with Crippen LogP contribution in [0.3, 0.4) is 0 Å². The predicted molar refractivity (Wildman–Crippen MR) is 86.8 cm³/mol. The van der Waals surface area contributed by atoms with Gasteiger partial charge in [0.15, 0.2) is 0 Å². The van der Waals surface area contributed by atoms with Crippen LogP contribution in [0.2, 0.25) is 0 Å². The average Bonchev–Trinajstić information content (AvgIpc) is 2.49. The van der Waals surface area contributed by atoms with E-state index < -0.39 is 0 Å². The second kappa shape index (κ2) is 5.24. The van der Waals surface area contributed by atoms with Crippen LogP contribution in [0.25, 0.3) is 0 Å². The van der Waals surface area contributed by atoms with E-state index in [0.717, 1.165) is 36.2 Å². The number of fused-ring (bicyclic) bond motifs is 1. The van der Waals surface area contributed by atoms with E-state index >= 15 is 0 Å². The van der Waals surface area contributed by atoms with Crippen molar-refractivity contribution in [3.63, 3.8) is 0 Å². The molecule has 0 spiro atoms. The van der Waals surface area contributed by atoms with E-state index in [2.05, 4.69) is 25.1 Å². The number of anilines is 2. The van der Waals surface area contributed by atoms with Gasteiger partial charge in [0, 0.05) is 17.8 Å². The quantitative estimate of drug-likeness (QED) is 0.813. The van der Waals surface area contributed by atoms with E-state index in [1.54, 1.807) is 0 Å². The van der Waals surface area contributed by atoms with Gasteiger partial charge >= 0.3 is 0 Å². The number of nitrogen functional groups attached to an aromatic ring is 1. The highest BCUT2D eigenvalue weighted by Gasteiger charge is 2.26. The van der Waals surface area contributed by atoms with Gasteiger partial charge in [-0.2, -0.15) is 0 Å². The standard InChI is InChI=1S/C18H20N2O/c1-12-6-3-7-14-8-5-11-20(17(12)14)18(21)15-9-4-10-16(19)13(15)2/h3-4,6-7,9-10H,5,8,11,19H2,1-2H3. The number of hydrogen-bond acceptors (Lipinski definition) is 2. The highest BCUT2D eigenvalue weighted by Crippen LogP contribution is 2.32. The van der Waals surface area contributed by atoms with Crippen molar-refractivity contribution >= 4 is 17.3 Å². The molecule has 21 heavy (non-hydrogen) atoms. The lowest BCUT2D eigenvalue weighted by atomic mass is 9.96. The summed E-state index contributed by atoms with van der Waals surface area (Å²) in [5, 5.41) is 0. The zero-order valence-electron chi connectivity index (χ0n) is 12.5. The van der Waals surface area contributed by atoms with Crippen LogP contribution in [-0.2, 0) is 6.42 Å². The molecule has 2 N–H and O–H groups in total. The summed E-state index contributed by atoms with van der Waals surface area (Å²) in [6.45, 7) is 4.74. The van der Waals surface area contributed by atoms with Gasteiger partial charge in [-0.25, -0.2) is 0 Å². The lowest BCUT2D eigenvalue weighted by molar-refractivity contribution is 0.0984. The Kier molecular flexibility index (Phi) is 3.42. The van der Waals surface area contributed by atoms with Crippen LogP contribution < -0.4 is 10.6 Å².